The smallest absolute Gasteiger partial charge is 0.123 e. The lowest BCUT2D eigenvalue weighted by atomic mass is 10.1. The SMILES string of the molecule is CCCOc1ccc(C=NN)cc1CN(CC)CC. The molecule has 0 saturated heterocycles. The molecule has 4 nitrogen and oxygen atoms in total. The molecule has 0 heterocycles. The maximum absolute atomic E-state index is 5.81. The summed E-state index contributed by atoms with van der Waals surface area (Å²) in [6.07, 6.45) is 2.67. The Morgan fingerprint density at radius 2 is 2.00 bits per heavy atom. The molecule has 0 bridgehead atoms. The lowest BCUT2D eigenvalue weighted by Gasteiger charge is -2.20. The molecule has 1 aromatic carbocycles. The normalized spacial score (nSPS) is 11.4. The molecule has 106 valence electrons. The van der Waals surface area contributed by atoms with Gasteiger partial charge < -0.3 is 10.6 Å². The number of hydrogen-bond acceptors (Lipinski definition) is 4. The summed E-state index contributed by atoms with van der Waals surface area (Å²) in [4.78, 5) is 2.36. The van der Waals surface area contributed by atoms with E-state index in [9.17, 15) is 0 Å². The van der Waals surface area contributed by atoms with Gasteiger partial charge in [0.2, 0.25) is 0 Å². The van der Waals surface area contributed by atoms with Gasteiger partial charge in [0.1, 0.15) is 5.75 Å². The van der Waals surface area contributed by atoms with E-state index in [1.165, 1.54) is 5.56 Å². The third-order valence-electron chi connectivity index (χ3n) is 3.06. The second kappa shape index (κ2) is 8.53. The minimum atomic E-state index is 0.746. The fourth-order valence-electron chi connectivity index (χ4n) is 1.93. The number of hydrazone groups is 1. The topological polar surface area (TPSA) is 50.9 Å². The lowest BCUT2D eigenvalue weighted by molar-refractivity contribution is 0.277. The summed E-state index contributed by atoms with van der Waals surface area (Å²) >= 11 is 0. The summed E-state index contributed by atoms with van der Waals surface area (Å²) in [6, 6.07) is 6.08. The summed E-state index contributed by atoms with van der Waals surface area (Å²) in [5.74, 6) is 6.17. The van der Waals surface area contributed by atoms with E-state index in [-0.39, 0.29) is 0 Å². The van der Waals surface area contributed by atoms with Crippen molar-refractivity contribution < 1.29 is 4.74 Å². The summed E-state index contributed by atoms with van der Waals surface area (Å²) in [7, 11) is 0. The third kappa shape index (κ3) is 4.91. The van der Waals surface area contributed by atoms with E-state index < -0.39 is 0 Å². The van der Waals surface area contributed by atoms with Crippen LogP contribution in [0, 0.1) is 0 Å². The van der Waals surface area contributed by atoms with Crippen molar-refractivity contribution in [2.75, 3.05) is 19.7 Å². The number of rotatable bonds is 8. The first-order valence-corrected chi connectivity index (χ1v) is 6.96. The fraction of sp³-hybridized carbons (Fsp3) is 0.533. The Kier molecular flexibility index (Phi) is 6.97. The van der Waals surface area contributed by atoms with Crippen molar-refractivity contribution in [3.05, 3.63) is 29.3 Å². The van der Waals surface area contributed by atoms with Crippen LogP contribution >= 0.6 is 0 Å². The molecule has 4 heteroatoms. The Morgan fingerprint density at radius 3 is 2.58 bits per heavy atom. The molecule has 0 fully saturated rings. The highest BCUT2D eigenvalue weighted by molar-refractivity contribution is 5.80. The molecule has 0 aliphatic heterocycles. The molecule has 0 unspecified atom stereocenters. The van der Waals surface area contributed by atoms with Gasteiger partial charge in [-0.2, -0.15) is 5.10 Å². The van der Waals surface area contributed by atoms with E-state index in [2.05, 4.69) is 36.8 Å². The molecule has 0 amide bonds. The van der Waals surface area contributed by atoms with Crippen LogP contribution in [0.2, 0.25) is 0 Å². The highest BCUT2D eigenvalue weighted by atomic mass is 16.5. The zero-order valence-corrected chi connectivity index (χ0v) is 12.2. The van der Waals surface area contributed by atoms with E-state index in [1.807, 2.05) is 12.1 Å². The molecule has 2 N–H and O–H groups in total. The first-order chi connectivity index (χ1) is 9.24. The van der Waals surface area contributed by atoms with Gasteiger partial charge in [-0.05, 0) is 43.3 Å². The van der Waals surface area contributed by atoms with Crippen molar-refractivity contribution in [1.29, 1.82) is 0 Å². The molecular formula is C15H25N3O. The summed E-state index contributed by atoms with van der Waals surface area (Å²) in [5.41, 5.74) is 2.20. The molecule has 0 aliphatic rings. The van der Waals surface area contributed by atoms with E-state index in [0.717, 1.165) is 44.0 Å². The Hall–Kier alpha value is -1.55. The van der Waals surface area contributed by atoms with Crippen LogP contribution in [-0.4, -0.2) is 30.8 Å². The lowest BCUT2D eigenvalue weighted by Crippen LogP contribution is -2.22. The molecule has 0 atom stereocenters. The van der Waals surface area contributed by atoms with Gasteiger partial charge in [-0.15, -0.1) is 0 Å². The van der Waals surface area contributed by atoms with Crippen LogP contribution < -0.4 is 10.6 Å². The predicted molar refractivity (Wildman–Crippen MR) is 80.6 cm³/mol. The monoisotopic (exact) mass is 263 g/mol. The van der Waals surface area contributed by atoms with Gasteiger partial charge in [-0.3, -0.25) is 4.90 Å². The summed E-state index contributed by atoms with van der Waals surface area (Å²) in [6.45, 7) is 10.1. The minimum Gasteiger partial charge on any atom is -0.493 e. The fourth-order valence-corrected chi connectivity index (χ4v) is 1.93. The number of nitrogens with zero attached hydrogens (tertiary/aromatic N) is 2. The van der Waals surface area contributed by atoms with Crippen molar-refractivity contribution in [3.8, 4) is 5.75 Å². The molecule has 1 aromatic rings. The van der Waals surface area contributed by atoms with Gasteiger partial charge in [0.05, 0.1) is 12.8 Å². The minimum absolute atomic E-state index is 0.746. The second-order valence-electron chi connectivity index (χ2n) is 4.46. The summed E-state index contributed by atoms with van der Waals surface area (Å²) in [5, 5.41) is 3.58. The van der Waals surface area contributed by atoms with Crippen molar-refractivity contribution >= 4 is 6.21 Å². The predicted octanol–water partition coefficient (Wildman–Crippen LogP) is 2.61. The van der Waals surface area contributed by atoms with Crippen LogP contribution in [-0.2, 0) is 6.54 Å². The van der Waals surface area contributed by atoms with Crippen LogP contribution in [0.25, 0.3) is 0 Å². The maximum Gasteiger partial charge on any atom is 0.123 e. The zero-order chi connectivity index (χ0) is 14.1. The van der Waals surface area contributed by atoms with Crippen LogP contribution in [0.4, 0.5) is 0 Å². The van der Waals surface area contributed by atoms with Gasteiger partial charge in [-0.25, -0.2) is 0 Å². The Bertz CT molecular complexity index is 400. The third-order valence-corrected chi connectivity index (χ3v) is 3.06. The molecule has 0 radical (unpaired) electrons. The molecule has 0 aliphatic carbocycles. The van der Waals surface area contributed by atoms with Crippen LogP contribution in [0.15, 0.2) is 23.3 Å². The zero-order valence-electron chi connectivity index (χ0n) is 12.2. The van der Waals surface area contributed by atoms with E-state index in [0.29, 0.717) is 0 Å². The van der Waals surface area contributed by atoms with E-state index in [4.69, 9.17) is 10.6 Å². The van der Waals surface area contributed by atoms with Crippen molar-refractivity contribution in [2.45, 2.75) is 33.7 Å². The average molecular weight is 263 g/mol. The van der Waals surface area contributed by atoms with Gasteiger partial charge >= 0.3 is 0 Å². The second-order valence-corrected chi connectivity index (χ2v) is 4.46. The standard InChI is InChI=1S/C15H25N3O/c1-4-9-19-15-8-7-13(11-17-16)10-14(15)12-18(5-2)6-3/h7-8,10-11H,4-6,9,12,16H2,1-3H3. The number of hydrogen-bond donors (Lipinski definition) is 1. The van der Waals surface area contributed by atoms with Crippen LogP contribution in [0.5, 0.6) is 5.75 Å². The summed E-state index contributed by atoms with van der Waals surface area (Å²) < 4.78 is 5.81. The van der Waals surface area contributed by atoms with Crippen molar-refractivity contribution in [2.24, 2.45) is 10.9 Å². The van der Waals surface area contributed by atoms with Crippen molar-refractivity contribution in [3.63, 3.8) is 0 Å². The molecule has 1 rings (SSSR count). The van der Waals surface area contributed by atoms with Gasteiger partial charge in [0.15, 0.2) is 0 Å². The first kappa shape index (κ1) is 15.5. The Balaban J connectivity index is 2.95. The first-order valence-electron chi connectivity index (χ1n) is 6.96. The van der Waals surface area contributed by atoms with E-state index in [1.54, 1.807) is 6.21 Å². The largest absolute Gasteiger partial charge is 0.493 e. The number of benzene rings is 1. The van der Waals surface area contributed by atoms with E-state index >= 15 is 0 Å². The molecule has 0 aromatic heterocycles. The molecule has 19 heavy (non-hydrogen) atoms. The highest BCUT2D eigenvalue weighted by Crippen LogP contribution is 2.22. The Labute approximate surface area is 116 Å². The van der Waals surface area contributed by atoms with Crippen LogP contribution in [0.1, 0.15) is 38.3 Å². The number of nitrogens with two attached hydrogens (primary N) is 1. The van der Waals surface area contributed by atoms with Gasteiger partial charge in [-0.1, -0.05) is 20.8 Å². The molecule has 0 spiro atoms. The molecule has 0 saturated carbocycles. The van der Waals surface area contributed by atoms with Crippen molar-refractivity contribution in [1.82, 2.24) is 4.90 Å². The maximum atomic E-state index is 5.81. The van der Waals surface area contributed by atoms with Crippen LogP contribution in [0.3, 0.4) is 0 Å². The van der Waals surface area contributed by atoms with Gasteiger partial charge in [0.25, 0.3) is 0 Å². The quantitative estimate of drug-likeness (QED) is 0.445. The molecular weight excluding hydrogens is 238 g/mol. The average Bonchev–Trinajstić information content (AvgIpc) is 2.44. The number of ether oxygens (including phenoxy) is 1. The highest BCUT2D eigenvalue weighted by Gasteiger charge is 2.08. The Morgan fingerprint density at radius 1 is 1.26 bits per heavy atom. The van der Waals surface area contributed by atoms with Gasteiger partial charge in [0, 0.05) is 12.1 Å².